The molecule has 2 rings (SSSR count). The van der Waals surface area contributed by atoms with Crippen LogP contribution in [0.1, 0.15) is 21.6 Å². The Bertz CT molecular complexity index is 599. The topological polar surface area (TPSA) is 71.5 Å². The van der Waals surface area contributed by atoms with Crippen molar-refractivity contribution in [1.29, 1.82) is 0 Å². The van der Waals surface area contributed by atoms with E-state index in [1.54, 1.807) is 25.4 Å². The summed E-state index contributed by atoms with van der Waals surface area (Å²) in [6.07, 6.45) is 2.36. The summed E-state index contributed by atoms with van der Waals surface area (Å²) in [7, 11) is 1.64. The Morgan fingerprint density at radius 3 is 2.65 bits per heavy atom. The Hall–Kier alpha value is -2.24. The van der Waals surface area contributed by atoms with Crippen LogP contribution in [-0.2, 0) is 17.8 Å². The molecule has 23 heavy (non-hydrogen) atoms. The number of amides is 1. The molecule has 0 radical (unpaired) electrons. The zero-order valence-electron chi connectivity index (χ0n) is 13.2. The molecule has 0 fully saturated rings. The lowest BCUT2D eigenvalue weighted by molar-refractivity contribution is 0.0939. The van der Waals surface area contributed by atoms with Crippen LogP contribution in [0.5, 0.6) is 0 Å². The number of carbonyl (C=O) groups excluding carboxylic acids is 1. The monoisotopic (exact) mass is 314 g/mol. The van der Waals surface area contributed by atoms with Crippen LogP contribution >= 0.6 is 0 Å². The van der Waals surface area contributed by atoms with Gasteiger partial charge in [-0.25, -0.2) is 0 Å². The number of nitrogens with one attached hydrogen (secondary N) is 1. The summed E-state index contributed by atoms with van der Waals surface area (Å²) in [6, 6.07) is 13.0. The number of hydrogen-bond acceptors (Lipinski definition) is 4. The smallest absolute Gasteiger partial charge is 0.251 e. The molecule has 0 spiro atoms. The summed E-state index contributed by atoms with van der Waals surface area (Å²) in [5.74, 6) is -0.199. The second-order valence-electron chi connectivity index (χ2n) is 5.41. The quantitative estimate of drug-likeness (QED) is 0.779. The third-order valence-corrected chi connectivity index (χ3v) is 3.56. The lowest BCUT2D eigenvalue weighted by atomic mass is 10.0. The molecule has 0 aliphatic rings. The molecular formula is C18H22N2O3. The highest BCUT2D eigenvalue weighted by Gasteiger charge is 2.12. The van der Waals surface area contributed by atoms with Crippen LogP contribution < -0.4 is 5.32 Å². The molecule has 1 aromatic carbocycles. The van der Waals surface area contributed by atoms with Gasteiger partial charge in [0.1, 0.15) is 0 Å². The standard InChI is InChI=1S/C18H22N2O3/c1-23-13-14-5-7-16(8-6-14)18(22)20-11-15(12-21)10-17-4-2-3-9-19-17/h2-9,15,21H,10-13H2,1H3,(H,20,22). The molecule has 122 valence electrons. The molecule has 0 bridgehead atoms. The number of aliphatic hydroxyl groups is 1. The lowest BCUT2D eigenvalue weighted by Crippen LogP contribution is -2.32. The Morgan fingerprint density at radius 1 is 1.26 bits per heavy atom. The molecule has 1 unspecified atom stereocenters. The number of carbonyl (C=O) groups is 1. The number of benzene rings is 1. The third-order valence-electron chi connectivity index (χ3n) is 3.56. The summed E-state index contributed by atoms with van der Waals surface area (Å²) < 4.78 is 5.04. The highest BCUT2D eigenvalue weighted by molar-refractivity contribution is 5.94. The van der Waals surface area contributed by atoms with E-state index < -0.39 is 0 Å². The Labute approximate surface area is 136 Å². The fraction of sp³-hybridized carbons (Fsp3) is 0.333. The second kappa shape index (κ2) is 9.02. The van der Waals surface area contributed by atoms with Crippen LogP contribution in [0.4, 0.5) is 0 Å². The average Bonchev–Trinajstić information content (AvgIpc) is 2.60. The van der Waals surface area contributed by atoms with Crippen molar-refractivity contribution in [1.82, 2.24) is 10.3 Å². The van der Waals surface area contributed by atoms with Crippen LogP contribution in [0.2, 0.25) is 0 Å². The van der Waals surface area contributed by atoms with Gasteiger partial charge in [0.25, 0.3) is 5.91 Å². The van der Waals surface area contributed by atoms with Gasteiger partial charge >= 0.3 is 0 Å². The lowest BCUT2D eigenvalue weighted by Gasteiger charge is -2.15. The van der Waals surface area contributed by atoms with Crippen LogP contribution in [0.15, 0.2) is 48.7 Å². The zero-order valence-corrected chi connectivity index (χ0v) is 13.2. The molecule has 1 aromatic heterocycles. The van der Waals surface area contributed by atoms with Gasteiger partial charge < -0.3 is 15.2 Å². The van der Waals surface area contributed by atoms with Crippen molar-refractivity contribution in [3.05, 3.63) is 65.5 Å². The highest BCUT2D eigenvalue weighted by atomic mass is 16.5. The number of rotatable bonds is 8. The summed E-state index contributed by atoms with van der Waals surface area (Å²) in [5.41, 5.74) is 2.52. The molecule has 0 aliphatic heterocycles. The minimum atomic E-state index is -0.145. The van der Waals surface area contributed by atoms with E-state index >= 15 is 0 Å². The third kappa shape index (κ3) is 5.47. The van der Waals surface area contributed by atoms with Gasteiger partial charge in [-0.05, 0) is 36.2 Å². The second-order valence-corrected chi connectivity index (χ2v) is 5.41. The van der Waals surface area contributed by atoms with Crippen molar-refractivity contribution >= 4 is 5.91 Å². The molecule has 0 saturated heterocycles. The maximum absolute atomic E-state index is 12.1. The number of pyridine rings is 1. The summed E-state index contributed by atoms with van der Waals surface area (Å²) in [5, 5.41) is 12.3. The molecule has 0 aliphatic carbocycles. The van der Waals surface area contributed by atoms with E-state index in [0.717, 1.165) is 11.3 Å². The first-order valence-electron chi connectivity index (χ1n) is 7.59. The highest BCUT2D eigenvalue weighted by Crippen LogP contribution is 2.07. The van der Waals surface area contributed by atoms with Gasteiger partial charge in [-0.3, -0.25) is 9.78 Å². The largest absolute Gasteiger partial charge is 0.396 e. The predicted molar refractivity (Wildman–Crippen MR) is 88.0 cm³/mol. The van der Waals surface area contributed by atoms with Crippen molar-refractivity contribution in [2.45, 2.75) is 13.0 Å². The van der Waals surface area contributed by atoms with Gasteiger partial charge in [-0.15, -0.1) is 0 Å². The zero-order chi connectivity index (χ0) is 16.5. The van der Waals surface area contributed by atoms with Gasteiger partial charge in [0, 0.05) is 43.6 Å². The maximum Gasteiger partial charge on any atom is 0.251 e. The molecule has 2 N–H and O–H groups in total. The Kier molecular flexibility index (Phi) is 6.72. The van der Waals surface area contributed by atoms with Crippen LogP contribution in [0.25, 0.3) is 0 Å². The molecule has 5 nitrogen and oxygen atoms in total. The first-order chi connectivity index (χ1) is 11.2. The first kappa shape index (κ1) is 17.1. The summed E-state index contributed by atoms with van der Waals surface area (Å²) >= 11 is 0. The van der Waals surface area contributed by atoms with E-state index in [-0.39, 0.29) is 18.4 Å². The Balaban J connectivity index is 1.86. The maximum atomic E-state index is 12.1. The molecule has 1 amide bonds. The molecule has 5 heteroatoms. The minimum absolute atomic E-state index is 0.00360. The normalized spacial score (nSPS) is 11.9. The van der Waals surface area contributed by atoms with Gasteiger partial charge in [-0.2, -0.15) is 0 Å². The minimum Gasteiger partial charge on any atom is -0.396 e. The predicted octanol–water partition coefficient (Wildman–Crippen LogP) is 1.81. The average molecular weight is 314 g/mol. The van der Waals surface area contributed by atoms with Crippen LogP contribution in [-0.4, -0.2) is 36.3 Å². The van der Waals surface area contributed by atoms with E-state index in [2.05, 4.69) is 10.3 Å². The molecular weight excluding hydrogens is 292 g/mol. The molecule has 1 atom stereocenters. The van der Waals surface area contributed by atoms with Gasteiger partial charge in [0.05, 0.1) is 6.61 Å². The van der Waals surface area contributed by atoms with E-state index in [1.807, 2.05) is 30.3 Å². The van der Waals surface area contributed by atoms with Crippen molar-refractivity contribution in [3.63, 3.8) is 0 Å². The number of methoxy groups -OCH3 is 1. The van der Waals surface area contributed by atoms with Crippen molar-refractivity contribution in [2.75, 3.05) is 20.3 Å². The van der Waals surface area contributed by atoms with Gasteiger partial charge in [0.2, 0.25) is 0 Å². The first-order valence-corrected chi connectivity index (χ1v) is 7.59. The van der Waals surface area contributed by atoms with Crippen LogP contribution in [0.3, 0.4) is 0 Å². The number of aliphatic hydroxyl groups excluding tert-OH is 1. The number of ether oxygens (including phenoxy) is 1. The van der Waals surface area contributed by atoms with Gasteiger partial charge in [-0.1, -0.05) is 18.2 Å². The van der Waals surface area contributed by atoms with Crippen molar-refractivity contribution in [3.8, 4) is 0 Å². The van der Waals surface area contributed by atoms with Crippen molar-refractivity contribution < 1.29 is 14.6 Å². The fourth-order valence-corrected chi connectivity index (χ4v) is 2.27. The SMILES string of the molecule is COCc1ccc(C(=O)NCC(CO)Cc2ccccn2)cc1. The number of aromatic nitrogens is 1. The molecule has 2 aromatic rings. The van der Waals surface area contributed by atoms with E-state index in [1.165, 1.54) is 0 Å². The molecule has 0 saturated carbocycles. The van der Waals surface area contributed by atoms with Crippen LogP contribution in [0, 0.1) is 5.92 Å². The summed E-state index contributed by atoms with van der Waals surface area (Å²) in [6.45, 7) is 0.938. The fourth-order valence-electron chi connectivity index (χ4n) is 2.27. The van der Waals surface area contributed by atoms with Gasteiger partial charge in [0.15, 0.2) is 0 Å². The Morgan fingerprint density at radius 2 is 2.04 bits per heavy atom. The van der Waals surface area contributed by atoms with E-state index in [4.69, 9.17) is 4.74 Å². The number of nitrogens with zero attached hydrogens (tertiary/aromatic N) is 1. The van der Waals surface area contributed by atoms with Crippen molar-refractivity contribution in [2.24, 2.45) is 5.92 Å². The van der Waals surface area contributed by atoms with E-state index in [9.17, 15) is 9.90 Å². The number of hydrogen-bond donors (Lipinski definition) is 2. The summed E-state index contributed by atoms with van der Waals surface area (Å²) in [4.78, 5) is 16.4. The van der Waals surface area contributed by atoms with E-state index in [0.29, 0.717) is 25.1 Å². The molecule has 1 heterocycles.